The Bertz CT molecular complexity index is 900. The molecule has 0 aromatic heterocycles. The number of aliphatic hydroxyl groups is 2. The Labute approximate surface area is 341 Å². The highest BCUT2D eigenvalue weighted by molar-refractivity contribution is 5.76. The molecule has 3 N–H and O–H groups in total. The molecule has 0 rings (SSSR count). The van der Waals surface area contributed by atoms with Gasteiger partial charge in [-0.1, -0.05) is 179 Å². The lowest BCUT2D eigenvalue weighted by atomic mass is 10.1. The summed E-state index contributed by atoms with van der Waals surface area (Å²) in [4.78, 5) is 24.4. The molecule has 0 saturated carbocycles. The molecule has 1 amide bonds. The van der Waals surface area contributed by atoms with E-state index in [0.29, 0.717) is 19.4 Å². The van der Waals surface area contributed by atoms with Gasteiger partial charge in [0.1, 0.15) is 0 Å². The van der Waals surface area contributed by atoms with Crippen LogP contribution in [0, 0.1) is 0 Å². The molecule has 0 aliphatic heterocycles. The monoisotopic (exact) mass is 774 g/mol. The van der Waals surface area contributed by atoms with E-state index in [1.165, 1.54) is 135 Å². The largest absolute Gasteiger partial charge is 0.466 e. The van der Waals surface area contributed by atoms with E-state index in [9.17, 15) is 19.8 Å². The molecule has 0 aromatic rings. The van der Waals surface area contributed by atoms with Gasteiger partial charge in [0.15, 0.2) is 0 Å². The van der Waals surface area contributed by atoms with E-state index in [2.05, 4.69) is 43.5 Å². The molecule has 0 heterocycles. The molecule has 0 aliphatic rings. The summed E-state index contributed by atoms with van der Waals surface area (Å²) in [5.74, 6) is -0.150. The first-order valence-corrected chi connectivity index (χ1v) is 23.8. The average molecular weight is 774 g/mol. The lowest BCUT2D eigenvalue weighted by Crippen LogP contribution is -2.45. The molecule has 0 spiro atoms. The second-order valence-corrected chi connectivity index (χ2v) is 16.1. The standard InChI is InChI=1S/C49H91NO5/c1-3-5-7-9-11-13-15-16-17-18-19-20-22-27-31-35-39-43-49(54)55-44-40-36-32-28-24-23-26-30-34-38-42-48(53)50-46(45-51)47(52)41-37-33-29-25-21-14-12-10-8-6-4-2/h16-17,24,28,37,41,46-47,51-52H,3-15,18-23,25-27,29-36,38-40,42-45H2,1-2H3,(H,50,53)/b17-16-,28-24-,41-37+. The maximum atomic E-state index is 12.4. The zero-order chi connectivity index (χ0) is 40.1. The number of nitrogens with one attached hydrogen (secondary N) is 1. The number of hydrogen-bond acceptors (Lipinski definition) is 5. The van der Waals surface area contributed by atoms with Crippen LogP contribution in [0.3, 0.4) is 0 Å². The van der Waals surface area contributed by atoms with Gasteiger partial charge in [0, 0.05) is 12.8 Å². The van der Waals surface area contributed by atoms with Crippen molar-refractivity contribution in [2.75, 3.05) is 13.2 Å². The number of rotatable bonds is 43. The molecule has 6 nitrogen and oxygen atoms in total. The van der Waals surface area contributed by atoms with Gasteiger partial charge in [-0.2, -0.15) is 0 Å². The number of esters is 1. The van der Waals surface area contributed by atoms with Crippen molar-refractivity contribution in [3.63, 3.8) is 0 Å². The molecule has 55 heavy (non-hydrogen) atoms. The number of allylic oxidation sites excluding steroid dienone is 5. The number of amides is 1. The van der Waals surface area contributed by atoms with Gasteiger partial charge < -0.3 is 20.3 Å². The maximum Gasteiger partial charge on any atom is 0.305 e. The minimum absolute atomic E-state index is 0.0430. The molecule has 0 radical (unpaired) electrons. The second-order valence-electron chi connectivity index (χ2n) is 16.1. The van der Waals surface area contributed by atoms with Crippen molar-refractivity contribution in [2.24, 2.45) is 0 Å². The number of carbonyl (C=O) groups is 2. The summed E-state index contributed by atoms with van der Waals surface area (Å²) in [7, 11) is 0. The van der Waals surface area contributed by atoms with Gasteiger partial charge in [-0.05, 0) is 83.5 Å². The molecule has 0 aliphatic carbocycles. The number of aliphatic hydroxyl groups excluding tert-OH is 2. The highest BCUT2D eigenvalue weighted by Gasteiger charge is 2.18. The van der Waals surface area contributed by atoms with E-state index in [-0.39, 0.29) is 18.5 Å². The molecule has 2 unspecified atom stereocenters. The predicted octanol–water partition coefficient (Wildman–Crippen LogP) is 13.7. The zero-order valence-corrected chi connectivity index (χ0v) is 36.4. The first kappa shape index (κ1) is 53.1. The third kappa shape index (κ3) is 41.5. The molecule has 0 aromatic carbocycles. The lowest BCUT2D eigenvalue weighted by molar-refractivity contribution is -0.143. The predicted molar refractivity (Wildman–Crippen MR) is 236 cm³/mol. The second kappa shape index (κ2) is 44.8. The molecule has 0 bridgehead atoms. The summed E-state index contributed by atoms with van der Waals surface area (Å²) < 4.78 is 5.43. The fraction of sp³-hybridized carbons (Fsp3) is 0.837. The van der Waals surface area contributed by atoms with Crippen LogP contribution in [0.15, 0.2) is 36.5 Å². The summed E-state index contributed by atoms with van der Waals surface area (Å²) >= 11 is 0. The number of ether oxygens (including phenoxy) is 1. The Kier molecular flexibility index (Phi) is 43.2. The third-order valence-electron chi connectivity index (χ3n) is 10.6. The van der Waals surface area contributed by atoms with E-state index in [1.54, 1.807) is 6.08 Å². The fourth-order valence-electron chi connectivity index (χ4n) is 6.91. The van der Waals surface area contributed by atoms with Gasteiger partial charge in [0.2, 0.25) is 5.91 Å². The van der Waals surface area contributed by atoms with Crippen molar-refractivity contribution in [3.8, 4) is 0 Å². The van der Waals surface area contributed by atoms with Gasteiger partial charge in [0.05, 0.1) is 25.4 Å². The van der Waals surface area contributed by atoms with Gasteiger partial charge in [0.25, 0.3) is 0 Å². The number of carbonyl (C=O) groups excluding carboxylic acids is 2. The molecule has 0 fully saturated rings. The zero-order valence-electron chi connectivity index (χ0n) is 36.4. The first-order valence-electron chi connectivity index (χ1n) is 23.8. The maximum absolute atomic E-state index is 12.4. The molecule has 0 saturated heterocycles. The van der Waals surface area contributed by atoms with Crippen LogP contribution in [0.4, 0.5) is 0 Å². The minimum Gasteiger partial charge on any atom is -0.466 e. The topological polar surface area (TPSA) is 95.9 Å². The Morgan fingerprint density at radius 1 is 0.491 bits per heavy atom. The van der Waals surface area contributed by atoms with Crippen molar-refractivity contribution in [1.82, 2.24) is 5.32 Å². The fourth-order valence-corrected chi connectivity index (χ4v) is 6.91. The van der Waals surface area contributed by atoms with Crippen molar-refractivity contribution < 1.29 is 24.5 Å². The van der Waals surface area contributed by atoms with Crippen LogP contribution in [0.1, 0.15) is 239 Å². The summed E-state index contributed by atoms with van der Waals surface area (Å²) in [6, 6.07) is -0.652. The SMILES string of the molecule is CCCCCCCC/C=C\CCCCCCCCCC(=O)OCCCC/C=C\CCCCCCC(=O)NC(CO)C(O)/C=C/CCCCCCCCCCC. The summed E-state index contributed by atoms with van der Waals surface area (Å²) in [5, 5.41) is 22.9. The quantitative estimate of drug-likeness (QED) is 0.0326. The van der Waals surface area contributed by atoms with Gasteiger partial charge in [-0.15, -0.1) is 0 Å². The summed E-state index contributed by atoms with van der Waals surface area (Å²) in [5.41, 5.74) is 0. The van der Waals surface area contributed by atoms with E-state index >= 15 is 0 Å². The Hall–Kier alpha value is -1.92. The van der Waals surface area contributed by atoms with E-state index in [1.807, 2.05) is 6.08 Å². The summed E-state index contributed by atoms with van der Waals surface area (Å²) in [6.07, 6.45) is 52.8. The Morgan fingerprint density at radius 2 is 0.855 bits per heavy atom. The van der Waals surface area contributed by atoms with Gasteiger partial charge in [-0.25, -0.2) is 0 Å². The van der Waals surface area contributed by atoms with Crippen LogP contribution < -0.4 is 5.32 Å². The average Bonchev–Trinajstić information content (AvgIpc) is 3.18. The van der Waals surface area contributed by atoms with Crippen molar-refractivity contribution in [1.29, 1.82) is 0 Å². The minimum atomic E-state index is -0.865. The van der Waals surface area contributed by atoms with Crippen molar-refractivity contribution in [3.05, 3.63) is 36.5 Å². The third-order valence-corrected chi connectivity index (χ3v) is 10.6. The highest BCUT2D eigenvalue weighted by Crippen LogP contribution is 2.14. The molecular formula is C49H91NO5. The molecule has 2 atom stereocenters. The molecular weight excluding hydrogens is 683 g/mol. The Morgan fingerprint density at radius 3 is 1.29 bits per heavy atom. The van der Waals surface area contributed by atoms with Crippen LogP contribution >= 0.6 is 0 Å². The van der Waals surface area contributed by atoms with E-state index in [0.717, 1.165) is 77.0 Å². The number of unbranched alkanes of at least 4 members (excludes halogenated alkanes) is 28. The van der Waals surface area contributed by atoms with Crippen molar-refractivity contribution in [2.45, 2.75) is 251 Å². The number of hydrogen-bond donors (Lipinski definition) is 3. The van der Waals surface area contributed by atoms with Crippen LogP contribution in [0.5, 0.6) is 0 Å². The normalized spacial score (nSPS) is 13.0. The van der Waals surface area contributed by atoms with Crippen LogP contribution in [0.2, 0.25) is 0 Å². The molecule has 6 heteroatoms. The summed E-state index contributed by atoms with van der Waals surface area (Å²) in [6.45, 7) is 4.78. The van der Waals surface area contributed by atoms with Crippen molar-refractivity contribution >= 4 is 11.9 Å². The van der Waals surface area contributed by atoms with Crippen LogP contribution in [-0.4, -0.2) is 47.4 Å². The van der Waals surface area contributed by atoms with Gasteiger partial charge >= 0.3 is 5.97 Å². The van der Waals surface area contributed by atoms with Gasteiger partial charge in [-0.3, -0.25) is 9.59 Å². The Balaban J connectivity index is 3.55. The highest BCUT2D eigenvalue weighted by atomic mass is 16.5. The lowest BCUT2D eigenvalue weighted by Gasteiger charge is -2.20. The smallest absolute Gasteiger partial charge is 0.305 e. The first-order chi connectivity index (χ1) is 27.0. The van der Waals surface area contributed by atoms with Crippen LogP contribution in [0.25, 0.3) is 0 Å². The van der Waals surface area contributed by atoms with Crippen LogP contribution in [-0.2, 0) is 14.3 Å². The van der Waals surface area contributed by atoms with E-state index < -0.39 is 12.1 Å². The van der Waals surface area contributed by atoms with E-state index in [4.69, 9.17) is 4.74 Å². The molecule has 322 valence electrons.